The first-order chi connectivity index (χ1) is 19.7. The number of rotatable bonds is 12. The minimum atomic E-state index is -0.335. The van der Waals surface area contributed by atoms with Gasteiger partial charge in [0.25, 0.3) is 0 Å². The zero-order chi connectivity index (χ0) is 27.6. The fourth-order valence-electron chi connectivity index (χ4n) is 5.48. The van der Waals surface area contributed by atoms with E-state index in [0.717, 1.165) is 16.7 Å². The molecule has 1 heterocycles. The fraction of sp³-hybridized carbons (Fsp3) is 0.250. The van der Waals surface area contributed by atoms with Crippen LogP contribution in [-0.4, -0.2) is 29.4 Å². The number of carbonyl (C=O) groups is 1. The minimum absolute atomic E-state index is 0.0470. The van der Waals surface area contributed by atoms with Gasteiger partial charge < -0.3 is 14.4 Å². The van der Waals surface area contributed by atoms with Gasteiger partial charge >= 0.3 is 0 Å². The highest BCUT2D eigenvalue weighted by Crippen LogP contribution is 2.34. The van der Waals surface area contributed by atoms with Crippen molar-refractivity contribution in [2.75, 3.05) is 6.61 Å². The lowest BCUT2D eigenvalue weighted by atomic mass is 9.81. The maximum Gasteiger partial charge on any atom is 0.162 e. The molecule has 4 aromatic rings. The summed E-state index contributed by atoms with van der Waals surface area (Å²) in [6.45, 7) is 3.50. The van der Waals surface area contributed by atoms with E-state index in [1.54, 1.807) is 6.08 Å². The Bertz CT molecular complexity index is 1340. The van der Waals surface area contributed by atoms with Crippen molar-refractivity contribution in [3.63, 3.8) is 0 Å². The molecule has 0 radical (unpaired) electrons. The minimum Gasteiger partial charge on any atom is -0.374 e. The number of nitrogens with zero attached hydrogens (tertiary/aromatic N) is 1. The van der Waals surface area contributed by atoms with E-state index in [2.05, 4.69) is 72.5 Å². The molecule has 5 rings (SSSR count). The van der Waals surface area contributed by atoms with Crippen LogP contribution >= 0.6 is 0 Å². The predicted octanol–water partition coefficient (Wildman–Crippen LogP) is 7.18. The van der Waals surface area contributed by atoms with E-state index in [-0.39, 0.29) is 29.9 Å². The first kappa shape index (κ1) is 27.6. The van der Waals surface area contributed by atoms with E-state index >= 15 is 0 Å². The predicted molar refractivity (Wildman–Crippen MR) is 159 cm³/mol. The van der Waals surface area contributed by atoms with Crippen LogP contribution in [0.5, 0.6) is 0 Å². The molecule has 0 N–H and O–H groups in total. The summed E-state index contributed by atoms with van der Waals surface area (Å²) >= 11 is 0. The molecular weight excluding hydrogens is 494 g/mol. The van der Waals surface area contributed by atoms with Crippen molar-refractivity contribution in [2.24, 2.45) is 5.92 Å². The van der Waals surface area contributed by atoms with Crippen molar-refractivity contribution in [2.45, 2.75) is 44.7 Å². The van der Waals surface area contributed by atoms with E-state index in [4.69, 9.17) is 9.47 Å². The second-order valence-electron chi connectivity index (χ2n) is 10.4. The summed E-state index contributed by atoms with van der Waals surface area (Å²) in [5.74, 6) is -0.151. The molecule has 0 unspecified atom stereocenters. The summed E-state index contributed by atoms with van der Waals surface area (Å²) < 4.78 is 13.0. The van der Waals surface area contributed by atoms with Crippen molar-refractivity contribution in [1.82, 2.24) is 4.90 Å². The van der Waals surface area contributed by atoms with Gasteiger partial charge in [-0.05, 0) is 41.7 Å². The molecule has 1 aliphatic heterocycles. The average Bonchev–Trinajstić information content (AvgIpc) is 3.01. The van der Waals surface area contributed by atoms with Gasteiger partial charge in [-0.25, -0.2) is 0 Å². The Morgan fingerprint density at radius 2 is 1.23 bits per heavy atom. The Balaban J connectivity index is 1.47. The first-order valence-corrected chi connectivity index (χ1v) is 14.0. The SMILES string of the molecule is C[C@@H](c1ccccc1)N1C=CC(=O)[C@@H](Cc2ccccc2)[C@@H]1[C@@H](COCc1ccccc1)OCc1ccccc1. The fourth-order valence-corrected chi connectivity index (χ4v) is 5.48. The Kier molecular flexibility index (Phi) is 9.57. The molecule has 4 atom stereocenters. The van der Waals surface area contributed by atoms with Gasteiger partial charge in [0.1, 0.15) is 6.10 Å². The summed E-state index contributed by atoms with van der Waals surface area (Å²) in [4.78, 5) is 15.9. The molecule has 4 aromatic carbocycles. The second-order valence-corrected chi connectivity index (χ2v) is 10.4. The number of benzene rings is 4. The van der Waals surface area contributed by atoms with Gasteiger partial charge in [0.2, 0.25) is 0 Å². The van der Waals surface area contributed by atoms with Gasteiger partial charge in [-0.3, -0.25) is 4.79 Å². The molecule has 0 aliphatic carbocycles. The Morgan fingerprint density at radius 3 is 1.82 bits per heavy atom. The highest BCUT2D eigenvalue weighted by molar-refractivity contribution is 5.93. The zero-order valence-corrected chi connectivity index (χ0v) is 23.0. The molecule has 40 heavy (non-hydrogen) atoms. The van der Waals surface area contributed by atoms with Gasteiger partial charge in [-0.15, -0.1) is 0 Å². The molecule has 0 saturated heterocycles. The van der Waals surface area contributed by atoms with Crippen LogP contribution in [0, 0.1) is 5.92 Å². The first-order valence-electron chi connectivity index (χ1n) is 14.0. The summed E-state index contributed by atoms with van der Waals surface area (Å²) in [5.41, 5.74) is 4.53. The largest absolute Gasteiger partial charge is 0.374 e. The van der Waals surface area contributed by atoms with Crippen molar-refractivity contribution >= 4 is 5.78 Å². The van der Waals surface area contributed by atoms with E-state index in [1.165, 1.54) is 5.56 Å². The van der Waals surface area contributed by atoms with Crippen molar-refractivity contribution < 1.29 is 14.3 Å². The molecule has 4 heteroatoms. The number of hydrogen-bond acceptors (Lipinski definition) is 4. The molecule has 0 amide bonds. The van der Waals surface area contributed by atoms with E-state index in [1.807, 2.05) is 66.9 Å². The molecule has 204 valence electrons. The average molecular weight is 532 g/mol. The molecule has 0 saturated carbocycles. The lowest BCUT2D eigenvalue weighted by Crippen LogP contribution is -2.54. The molecule has 0 bridgehead atoms. The van der Waals surface area contributed by atoms with Crippen LogP contribution in [0.25, 0.3) is 0 Å². The third-order valence-electron chi connectivity index (χ3n) is 7.64. The van der Waals surface area contributed by atoms with Crippen LogP contribution < -0.4 is 0 Å². The monoisotopic (exact) mass is 531 g/mol. The number of allylic oxidation sites excluding steroid dienone is 1. The smallest absolute Gasteiger partial charge is 0.162 e. The Hall–Kier alpha value is -3.99. The van der Waals surface area contributed by atoms with E-state index in [9.17, 15) is 4.79 Å². The number of hydrogen-bond donors (Lipinski definition) is 0. The van der Waals surface area contributed by atoms with Crippen LogP contribution in [0.15, 0.2) is 134 Å². The Labute approximate surface area is 237 Å². The van der Waals surface area contributed by atoms with Crippen molar-refractivity contribution in [3.8, 4) is 0 Å². The van der Waals surface area contributed by atoms with Crippen molar-refractivity contribution in [1.29, 1.82) is 0 Å². The molecular formula is C36H37NO3. The molecule has 0 spiro atoms. The van der Waals surface area contributed by atoms with Gasteiger partial charge in [-0.2, -0.15) is 0 Å². The summed E-state index contributed by atoms with van der Waals surface area (Å²) in [6, 6.07) is 40.9. The summed E-state index contributed by atoms with van der Waals surface area (Å²) in [5, 5.41) is 0. The third-order valence-corrected chi connectivity index (χ3v) is 7.64. The van der Waals surface area contributed by atoms with Gasteiger partial charge in [0, 0.05) is 12.1 Å². The van der Waals surface area contributed by atoms with Crippen molar-refractivity contribution in [3.05, 3.63) is 156 Å². The van der Waals surface area contributed by atoms with Crippen LogP contribution in [0.1, 0.15) is 35.2 Å². The summed E-state index contributed by atoms with van der Waals surface area (Å²) in [7, 11) is 0. The van der Waals surface area contributed by atoms with Crippen LogP contribution in [-0.2, 0) is 33.9 Å². The van der Waals surface area contributed by atoms with Gasteiger partial charge in [-0.1, -0.05) is 121 Å². The maximum atomic E-state index is 13.6. The quantitative estimate of drug-likeness (QED) is 0.194. The Morgan fingerprint density at radius 1 is 0.700 bits per heavy atom. The number of ether oxygens (including phenoxy) is 2. The number of carbonyl (C=O) groups excluding carboxylic acids is 1. The topological polar surface area (TPSA) is 38.8 Å². The second kappa shape index (κ2) is 13.9. The molecule has 0 aromatic heterocycles. The van der Waals surface area contributed by atoms with Crippen LogP contribution in [0.4, 0.5) is 0 Å². The van der Waals surface area contributed by atoms with E-state index < -0.39 is 0 Å². The lowest BCUT2D eigenvalue weighted by Gasteiger charge is -2.45. The molecule has 1 aliphatic rings. The van der Waals surface area contributed by atoms with Crippen LogP contribution in [0.3, 0.4) is 0 Å². The normalized spacial score (nSPS) is 18.4. The standard InChI is InChI=1S/C36H37NO3/c1-28(32-20-12-5-13-21-32)37-23-22-34(38)33(24-29-14-6-2-7-15-29)36(37)35(40-26-31-18-10-4-11-19-31)27-39-25-30-16-8-3-9-17-30/h2-23,28,33,35-36H,24-27H2,1H3/t28-,33+,35+,36+/m0/s1. The zero-order valence-electron chi connectivity index (χ0n) is 23.0. The van der Waals surface area contributed by atoms with E-state index in [0.29, 0.717) is 26.2 Å². The van der Waals surface area contributed by atoms with Gasteiger partial charge in [0.05, 0.1) is 31.9 Å². The van der Waals surface area contributed by atoms with Crippen LogP contribution in [0.2, 0.25) is 0 Å². The highest BCUT2D eigenvalue weighted by Gasteiger charge is 2.42. The molecule has 0 fully saturated rings. The highest BCUT2D eigenvalue weighted by atomic mass is 16.5. The van der Waals surface area contributed by atoms with Gasteiger partial charge in [0.15, 0.2) is 5.78 Å². The summed E-state index contributed by atoms with van der Waals surface area (Å²) in [6.07, 6.45) is 4.00. The lowest BCUT2D eigenvalue weighted by molar-refractivity contribution is -0.129. The third kappa shape index (κ3) is 7.15. The number of ketones is 1. The maximum absolute atomic E-state index is 13.6. The molecule has 4 nitrogen and oxygen atoms in total.